The Hall–Kier alpha value is -4.35. The molecule has 4 rings (SSSR count). The summed E-state index contributed by atoms with van der Waals surface area (Å²) >= 11 is 0. The Morgan fingerprint density at radius 3 is 2.47 bits per heavy atom. The van der Waals surface area contributed by atoms with Gasteiger partial charge in [-0.15, -0.1) is 0 Å². The summed E-state index contributed by atoms with van der Waals surface area (Å²) in [5.74, 6) is -2.13. The second-order valence-electron chi connectivity index (χ2n) is 6.83. The number of benzene rings is 1. The molecular weight excluding hydrogens is 447 g/mol. The number of carbonyl (C=O) groups is 1. The van der Waals surface area contributed by atoms with Gasteiger partial charge in [-0.1, -0.05) is 0 Å². The summed E-state index contributed by atoms with van der Waals surface area (Å²) in [6.07, 6.45) is 0.903. The lowest BCUT2D eigenvalue weighted by molar-refractivity contribution is -0.129. The van der Waals surface area contributed by atoms with Crippen LogP contribution in [-0.4, -0.2) is 47.8 Å². The number of carbonyl (C=O) groups excluding carboxylic acids is 1. The Morgan fingerprint density at radius 2 is 1.82 bits per heavy atom. The maximum Gasteiger partial charge on any atom is 0.269 e. The fourth-order valence-electron chi connectivity index (χ4n) is 3.01. The van der Waals surface area contributed by atoms with Crippen LogP contribution in [0.2, 0.25) is 0 Å². The van der Waals surface area contributed by atoms with E-state index < -0.39 is 31.0 Å². The van der Waals surface area contributed by atoms with Gasteiger partial charge in [-0.2, -0.15) is 4.98 Å². The van der Waals surface area contributed by atoms with E-state index in [4.69, 9.17) is 27.2 Å². The molecule has 0 radical (unpaired) electrons. The largest absolute Gasteiger partial charge is 0.493 e. The molecule has 3 N–H and O–H groups in total. The summed E-state index contributed by atoms with van der Waals surface area (Å²) in [5, 5.41) is 7.71. The number of amides is 1. The van der Waals surface area contributed by atoms with E-state index in [1.165, 1.54) is 33.5 Å². The van der Waals surface area contributed by atoms with Gasteiger partial charge >= 0.3 is 0 Å². The molecule has 3 aromatic rings. The number of halogens is 1. The van der Waals surface area contributed by atoms with E-state index in [-0.39, 0.29) is 29.2 Å². The first-order chi connectivity index (χ1) is 18.7. The van der Waals surface area contributed by atoms with Crippen molar-refractivity contribution in [2.45, 2.75) is 19.3 Å². The van der Waals surface area contributed by atoms with E-state index in [0.717, 1.165) is 6.20 Å². The zero-order chi connectivity index (χ0) is 29.5. The van der Waals surface area contributed by atoms with Crippen LogP contribution in [0, 0.1) is 5.82 Å². The molecule has 0 saturated heterocycles. The van der Waals surface area contributed by atoms with Crippen molar-refractivity contribution in [3.63, 3.8) is 0 Å². The van der Waals surface area contributed by atoms with Crippen LogP contribution >= 0.6 is 0 Å². The summed E-state index contributed by atoms with van der Waals surface area (Å²) in [6, 6.07) is 5.62. The third-order valence-corrected chi connectivity index (χ3v) is 4.58. The van der Waals surface area contributed by atoms with E-state index >= 15 is 0 Å². The number of aromatic nitrogens is 3. The molecule has 34 heavy (non-hydrogen) atoms. The van der Waals surface area contributed by atoms with Gasteiger partial charge in [0.1, 0.15) is 5.82 Å². The van der Waals surface area contributed by atoms with Gasteiger partial charge in [0.05, 0.1) is 27.5 Å². The zero-order valence-corrected chi connectivity index (χ0v) is 18.1. The van der Waals surface area contributed by atoms with Crippen molar-refractivity contribution < 1.29 is 36.4 Å². The number of anilines is 5. The van der Waals surface area contributed by atoms with Crippen LogP contribution in [0.15, 0.2) is 30.5 Å². The normalized spacial score (nSPS) is 17.1. The molecule has 0 atom stereocenters. The molecule has 0 unspecified atom stereocenters. The third-order valence-electron chi connectivity index (χ3n) is 4.58. The first kappa shape index (κ1) is 16.3. The van der Waals surface area contributed by atoms with Crippen LogP contribution in [0.5, 0.6) is 23.0 Å². The highest BCUT2D eigenvalue weighted by Gasteiger charge is 2.36. The van der Waals surface area contributed by atoms with Crippen molar-refractivity contribution in [1.29, 1.82) is 0 Å². The highest BCUT2D eigenvalue weighted by Crippen LogP contribution is 2.40. The Labute approximate surface area is 203 Å². The third kappa shape index (κ3) is 4.42. The average Bonchev–Trinajstić information content (AvgIpc) is 2.88. The number of ether oxygens (including phenoxy) is 4. The fraction of sp³-hybridized carbons (Fsp3) is 0.273. The molecule has 0 bridgehead atoms. The molecule has 1 aromatic carbocycles. The maximum atomic E-state index is 14.6. The Bertz CT molecular complexity index is 1420. The van der Waals surface area contributed by atoms with Crippen molar-refractivity contribution in [1.82, 2.24) is 15.0 Å². The molecule has 1 aliphatic rings. The summed E-state index contributed by atoms with van der Waals surface area (Å²) in [4.78, 5) is 24.8. The fourth-order valence-corrected chi connectivity index (χ4v) is 3.01. The van der Waals surface area contributed by atoms with Crippen LogP contribution in [0.3, 0.4) is 0 Å². The van der Waals surface area contributed by atoms with E-state index in [2.05, 4.69) is 30.9 Å². The van der Waals surface area contributed by atoms with Gasteiger partial charge in [-0.3, -0.25) is 4.79 Å². The van der Waals surface area contributed by atoms with E-state index in [1.807, 2.05) is 0 Å². The van der Waals surface area contributed by atoms with Gasteiger partial charge in [-0.25, -0.2) is 14.4 Å². The number of nitrogens with zero attached hydrogens (tertiary/aromatic N) is 3. The number of methoxy groups -OCH3 is 3. The van der Waals surface area contributed by atoms with Gasteiger partial charge in [0.2, 0.25) is 11.7 Å². The van der Waals surface area contributed by atoms with Crippen LogP contribution in [-0.2, 0) is 4.79 Å². The lowest BCUT2D eigenvalue weighted by Gasteiger charge is -2.30. The van der Waals surface area contributed by atoms with Crippen molar-refractivity contribution >= 4 is 35.0 Å². The first-order valence-corrected chi connectivity index (χ1v) is 9.62. The predicted molar refractivity (Wildman–Crippen MR) is 122 cm³/mol. The van der Waals surface area contributed by atoms with Gasteiger partial charge in [-0.05, 0) is 25.8 Å². The highest BCUT2D eigenvalue weighted by atomic mass is 19.1. The number of hydrogen-bond acceptors (Lipinski definition) is 10. The van der Waals surface area contributed by atoms with Crippen LogP contribution in [0.1, 0.15) is 21.9 Å². The molecule has 178 valence electrons. The van der Waals surface area contributed by atoms with E-state index in [0.29, 0.717) is 22.9 Å². The highest BCUT2D eigenvalue weighted by molar-refractivity contribution is 5.99. The van der Waals surface area contributed by atoms with Crippen molar-refractivity contribution in [2.24, 2.45) is 0 Å². The summed E-state index contributed by atoms with van der Waals surface area (Å²) in [6.45, 7) is -6.66. The van der Waals surface area contributed by atoms with Gasteiger partial charge in [0.25, 0.3) is 5.91 Å². The molecule has 1 aliphatic heterocycles. The van der Waals surface area contributed by atoms with E-state index in [1.54, 1.807) is 12.1 Å². The minimum Gasteiger partial charge on any atom is -0.493 e. The summed E-state index contributed by atoms with van der Waals surface area (Å²) in [7, 11) is 4.35. The molecule has 1 amide bonds. The molecule has 11 nitrogen and oxygen atoms in total. The van der Waals surface area contributed by atoms with Gasteiger partial charge in [0.15, 0.2) is 40.3 Å². The summed E-state index contributed by atoms with van der Waals surface area (Å²) in [5.41, 5.74) is -2.71. The number of rotatable bonds is 7. The minimum atomic E-state index is -3.33. The molecule has 3 heterocycles. The Morgan fingerprint density at radius 1 is 1.09 bits per heavy atom. The monoisotopic (exact) mass is 476 g/mol. The number of pyridine rings is 1. The second-order valence-corrected chi connectivity index (χ2v) is 6.83. The van der Waals surface area contributed by atoms with Crippen LogP contribution in [0.4, 0.5) is 33.5 Å². The second kappa shape index (κ2) is 8.89. The molecule has 12 heteroatoms. The Balaban J connectivity index is 1.61. The molecule has 0 fully saturated rings. The lowest BCUT2D eigenvalue weighted by atomic mass is 10.1. The SMILES string of the molecule is [2H]C([2H])([2H])C1(C([2H])([2H])[2H])Oc2ccc(Nc3nc(Nc4cc(OC)c(OC)c(OC)c4)ncc3F)nc2NC1=O. The van der Waals surface area contributed by atoms with Crippen molar-refractivity contribution in [2.75, 3.05) is 37.3 Å². The molecule has 2 aromatic heterocycles. The quantitative estimate of drug-likeness (QED) is 0.465. The van der Waals surface area contributed by atoms with Crippen molar-refractivity contribution in [3.05, 3.63) is 36.3 Å². The minimum absolute atomic E-state index is 0.0205. The molecule has 0 aliphatic carbocycles. The number of fused-ring (bicyclic) bond motifs is 1. The van der Waals surface area contributed by atoms with E-state index in [9.17, 15) is 9.18 Å². The standard InChI is InChI=1S/C22H23FN6O5/c1-22(2)20(30)28-19-13(34-22)6-7-16(27-19)26-18-12(23)10-24-21(29-18)25-11-8-14(31-3)17(33-5)15(9-11)32-4/h6-10H,1-5H3,(H3,24,25,26,27,28,29,30)/i1D3,2D3. The smallest absolute Gasteiger partial charge is 0.269 e. The van der Waals surface area contributed by atoms with Crippen LogP contribution in [0.25, 0.3) is 0 Å². The van der Waals surface area contributed by atoms with Gasteiger partial charge < -0.3 is 34.9 Å². The molecule has 0 spiro atoms. The topological polar surface area (TPSA) is 129 Å². The maximum absolute atomic E-state index is 14.6. The van der Waals surface area contributed by atoms with Crippen molar-refractivity contribution in [3.8, 4) is 23.0 Å². The zero-order valence-electron chi connectivity index (χ0n) is 24.1. The number of hydrogen-bond donors (Lipinski definition) is 3. The summed E-state index contributed by atoms with van der Waals surface area (Å²) < 4.78 is 81.7. The lowest BCUT2D eigenvalue weighted by Crippen LogP contribution is -2.46. The Kier molecular flexibility index (Phi) is 4.26. The van der Waals surface area contributed by atoms with Crippen LogP contribution < -0.4 is 34.9 Å². The first-order valence-electron chi connectivity index (χ1n) is 12.6. The molecule has 0 saturated carbocycles. The predicted octanol–water partition coefficient (Wildman–Crippen LogP) is 3.63. The average molecular weight is 476 g/mol. The number of nitrogens with one attached hydrogen (secondary N) is 3. The molecular formula is C22H23FN6O5. The van der Waals surface area contributed by atoms with Gasteiger partial charge in [0, 0.05) is 26.0 Å².